The molecule has 0 heterocycles. The van der Waals surface area contributed by atoms with Gasteiger partial charge in [-0.3, -0.25) is 4.79 Å². The van der Waals surface area contributed by atoms with Crippen LogP contribution in [0.15, 0.2) is 59.5 Å². The zero-order valence-electron chi connectivity index (χ0n) is 14.3. The molecule has 134 valence electrons. The van der Waals surface area contributed by atoms with Crippen molar-refractivity contribution >= 4 is 21.6 Å². The lowest BCUT2D eigenvalue weighted by Gasteiger charge is -2.13. The van der Waals surface area contributed by atoms with Crippen molar-refractivity contribution in [3.63, 3.8) is 0 Å². The predicted molar refractivity (Wildman–Crippen MR) is 98.5 cm³/mol. The molecule has 0 bridgehead atoms. The Morgan fingerprint density at radius 2 is 1.64 bits per heavy atom. The average Bonchev–Trinajstić information content (AvgIpc) is 2.55. The standard InChI is InChI=1S/C18H23N3O3S/c1-13(2)21-25(23,24)16-10-8-15(9-11-16)20-18(22)12-17(19)14-6-4-3-5-7-14/h3-11,13,17,21H,12,19H2,1-2H3,(H,20,22). The molecule has 25 heavy (non-hydrogen) atoms. The van der Waals surface area contributed by atoms with E-state index in [-0.39, 0.29) is 23.3 Å². The Balaban J connectivity index is 1.98. The maximum atomic E-state index is 12.1. The van der Waals surface area contributed by atoms with Crippen molar-refractivity contribution in [2.45, 2.75) is 37.2 Å². The average molecular weight is 361 g/mol. The number of anilines is 1. The maximum Gasteiger partial charge on any atom is 0.240 e. The van der Waals surface area contributed by atoms with Crippen LogP contribution in [0, 0.1) is 0 Å². The van der Waals surface area contributed by atoms with E-state index >= 15 is 0 Å². The Kier molecular flexibility index (Phi) is 6.30. The second kappa shape index (κ2) is 8.24. The van der Waals surface area contributed by atoms with E-state index in [1.807, 2.05) is 30.3 Å². The topological polar surface area (TPSA) is 101 Å². The van der Waals surface area contributed by atoms with Gasteiger partial charge in [-0.25, -0.2) is 13.1 Å². The fourth-order valence-electron chi connectivity index (χ4n) is 2.33. The second-order valence-electron chi connectivity index (χ2n) is 6.07. The Morgan fingerprint density at radius 3 is 2.20 bits per heavy atom. The molecule has 0 saturated carbocycles. The van der Waals surface area contributed by atoms with Gasteiger partial charge in [-0.1, -0.05) is 30.3 Å². The minimum atomic E-state index is -3.54. The lowest BCUT2D eigenvalue weighted by atomic mass is 10.0. The Labute approximate surface area is 148 Å². The van der Waals surface area contributed by atoms with E-state index in [9.17, 15) is 13.2 Å². The van der Waals surface area contributed by atoms with Crippen LogP contribution in [0.3, 0.4) is 0 Å². The third-order valence-corrected chi connectivity index (χ3v) is 5.15. The molecule has 4 N–H and O–H groups in total. The molecule has 2 rings (SSSR count). The number of carbonyl (C=O) groups is 1. The number of hydrogen-bond donors (Lipinski definition) is 3. The zero-order chi connectivity index (χ0) is 18.4. The molecule has 0 spiro atoms. The van der Waals surface area contributed by atoms with Crippen molar-refractivity contribution < 1.29 is 13.2 Å². The summed E-state index contributed by atoms with van der Waals surface area (Å²) in [5.74, 6) is -0.229. The van der Waals surface area contributed by atoms with Crippen molar-refractivity contribution in [3.8, 4) is 0 Å². The van der Waals surface area contributed by atoms with E-state index in [1.165, 1.54) is 12.1 Å². The molecule has 1 unspecified atom stereocenters. The van der Waals surface area contributed by atoms with Gasteiger partial charge < -0.3 is 11.1 Å². The Bertz CT molecular complexity index is 803. The number of hydrogen-bond acceptors (Lipinski definition) is 4. The summed E-state index contributed by atoms with van der Waals surface area (Å²) in [6.45, 7) is 3.50. The van der Waals surface area contributed by atoms with Crippen molar-refractivity contribution in [2.24, 2.45) is 5.73 Å². The number of nitrogens with two attached hydrogens (primary N) is 1. The zero-order valence-corrected chi connectivity index (χ0v) is 15.1. The normalized spacial score (nSPS) is 12.8. The fourth-order valence-corrected chi connectivity index (χ4v) is 3.58. The molecule has 1 amide bonds. The van der Waals surface area contributed by atoms with E-state index in [0.29, 0.717) is 5.69 Å². The van der Waals surface area contributed by atoms with Crippen LogP contribution in [-0.4, -0.2) is 20.4 Å². The second-order valence-corrected chi connectivity index (χ2v) is 7.78. The van der Waals surface area contributed by atoms with Gasteiger partial charge in [-0.05, 0) is 43.7 Å². The van der Waals surface area contributed by atoms with Crippen molar-refractivity contribution in [3.05, 3.63) is 60.2 Å². The molecule has 0 aliphatic rings. The van der Waals surface area contributed by atoms with Gasteiger partial charge in [-0.15, -0.1) is 0 Å². The monoisotopic (exact) mass is 361 g/mol. The summed E-state index contributed by atoms with van der Waals surface area (Å²) in [7, 11) is -3.54. The summed E-state index contributed by atoms with van der Waals surface area (Å²) in [4.78, 5) is 12.3. The van der Waals surface area contributed by atoms with E-state index < -0.39 is 16.1 Å². The maximum absolute atomic E-state index is 12.1. The molecule has 0 aliphatic carbocycles. The van der Waals surface area contributed by atoms with Crippen molar-refractivity contribution in [1.29, 1.82) is 0 Å². The molecule has 1 atom stereocenters. The smallest absolute Gasteiger partial charge is 0.240 e. The Hall–Kier alpha value is -2.22. The summed E-state index contributed by atoms with van der Waals surface area (Å²) in [6.07, 6.45) is 0.138. The molecule has 0 radical (unpaired) electrons. The summed E-state index contributed by atoms with van der Waals surface area (Å²) in [5.41, 5.74) is 7.44. The van der Waals surface area contributed by atoms with Crippen LogP contribution in [0.1, 0.15) is 31.9 Å². The first kappa shape index (κ1) is 19.1. The highest BCUT2D eigenvalue weighted by molar-refractivity contribution is 7.89. The minimum Gasteiger partial charge on any atom is -0.326 e. The Morgan fingerprint density at radius 1 is 1.04 bits per heavy atom. The fraction of sp³-hybridized carbons (Fsp3) is 0.278. The van der Waals surface area contributed by atoms with Crippen LogP contribution >= 0.6 is 0 Å². The first-order valence-electron chi connectivity index (χ1n) is 8.00. The van der Waals surface area contributed by atoms with Gasteiger partial charge in [0.2, 0.25) is 15.9 Å². The predicted octanol–water partition coefficient (Wildman–Crippen LogP) is 2.40. The van der Waals surface area contributed by atoms with Gasteiger partial charge in [0.05, 0.1) is 4.90 Å². The van der Waals surface area contributed by atoms with E-state index in [2.05, 4.69) is 10.0 Å². The van der Waals surface area contributed by atoms with Gasteiger partial charge in [0.15, 0.2) is 0 Å². The highest BCUT2D eigenvalue weighted by Gasteiger charge is 2.16. The largest absolute Gasteiger partial charge is 0.326 e. The molecule has 2 aromatic carbocycles. The number of sulfonamides is 1. The van der Waals surface area contributed by atoms with Crippen molar-refractivity contribution in [1.82, 2.24) is 4.72 Å². The third-order valence-electron chi connectivity index (χ3n) is 3.47. The number of nitrogens with one attached hydrogen (secondary N) is 2. The van der Waals surface area contributed by atoms with Crippen LogP contribution in [0.2, 0.25) is 0 Å². The van der Waals surface area contributed by atoms with E-state index in [4.69, 9.17) is 5.73 Å². The van der Waals surface area contributed by atoms with Crippen LogP contribution in [0.5, 0.6) is 0 Å². The number of amides is 1. The van der Waals surface area contributed by atoms with Gasteiger partial charge in [0, 0.05) is 24.2 Å². The van der Waals surface area contributed by atoms with Gasteiger partial charge in [-0.2, -0.15) is 0 Å². The van der Waals surface area contributed by atoms with Gasteiger partial charge in [0.25, 0.3) is 0 Å². The van der Waals surface area contributed by atoms with Gasteiger partial charge in [0.1, 0.15) is 0 Å². The molecule has 0 fully saturated rings. The first-order valence-corrected chi connectivity index (χ1v) is 9.49. The summed E-state index contributed by atoms with van der Waals surface area (Å²) in [5, 5.41) is 2.73. The molecule has 6 nitrogen and oxygen atoms in total. The number of carbonyl (C=O) groups excluding carboxylic acids is 1. The number of rotatable bonds is 7. The SMILES string of the molecule is CC(C)NS(=O)(=O)c1ccc(NC(=O)CC(N)c2ccccc2)cc1. The van der Waals surface area contributed by atoms with Crippen molar-refractivity contribution in [2.75, 3.05) is 5.32 Å². The summed E-state index contributed by atoms with van der Waals surface area (Å²) in [6, 6.07) is 14.8. The quantitative estimate of drug-likeness (QED) is 0.705. The highest BCUT2D eigenvalue weighted by atomic mass is 32.2. The summed E-state index contributed by atoms with van der Waals surface area (Å²) >= 11 is 0. The molecule has 0 aromatic heterocycles. The molecular weight excluding hydrogens is 338 g/mol. The molecule has 0 aliphatic heterocycles. The van der Waals surface area contributed by atoms with E-state index in [1.54, 1.807) is 26.0 Å². The van der Waals surface area contributed by atoms with Crippen LogP contribution in [0.25, 0.3) is 0 Å². The van der Waals surface area contributed by atoms with Crippen LogP contribution < -0.4 is 15.8 Å². The highest BCUT2D eigenvalue weighted by Crippen LogP contribution is 2.17. The lowest BCUT2D eigenvalue weighted by Crippen LogP contribution is -2.30. The minimum absolute atomic E-state index is 0.138. The van der Waals surface area contributed by atoms with Crippen LogP contribution in [-0.2, 0) is 14.8 Å². The van der Waals surface area contributed by atoms with Crippen LogP contribution in [0.4, 0.5) is 5.69 Å². The third kappa shape index (κ3) is 5.67. The molecule has 2 aromatic rings. The molecular formula is C18H23N3O3S. The summed E-state index contributed by atoms with van der Waals surface area (Å²) < 4.78 is 26.6. The first-order chi connectivity index (χ1) is 11.8. The van der Waals surface area contributed by atoms with Gasteiger partial charge >= 0.3 is 0 Å². The molecule has 0 saturated heterocycles. The van der Waals surface area contributed by atoms with E-state index in [0.717, 1.165) is 5.56 Å². The molecule has 7 heteroatoms. The number of benzene rings is 2. The lowest BCUT2D eigenvalue weighted by molar-refractivity contribution is -0.116.